The minimum atomic E-state index is -1.21. The first-order valence-electron chi connectivity index (χ1n) is 7.06. The summed E-state index contributed by atoms with van der Waals surface area (Å²) in [5.74, 6) is 1.61. The van der Waals surface area contributed by atoms with Gasteiger partial charge in [0.2, 0.25) is 0 Å². The van der Waals surface area contributed by atoms with Gasteiger partial charge in [0.15, 0.2) is 0 Å². The molecule has 0 N–H and O–H groups in total. The third kappa shape index (κ3) is 1.51. The Bertz CT molecular complexity index is 612. The van der Waals surface area contributed by atoms with Crippen LogP contribution < -0.4 is 4.90 Å². The van der Waals surface area contributed by atoms with Crippen LogP contribution >= 0.6 is 0 Å². The first-order valence-corrected chi connectivity index (χ1v) is 8.23. The van der Waals surface area contributed by atoms with Crippen molar-refractivity contribution in [1.29, 1.82) is 0 Å². The Hall–Kier alpha value is -1.34. The van der Waals surface area contributed by atoms with E-state index in [1.807, 2.05) is 4.90 Å². The van der Waals surface area contributed by atoms with Gasteiger partial charge in [0.25, 0.3) is 0 Å². The zero-order valence-corrected chi connectivity index (χ0v) is 11.6. The van der Waals surface area contributed by atoms with Crippen molar-refractivity contribution in [2.24, 2.45) is 11.8 Å². The van der Waals surface area contributed by atoms with Crippen LogP contribution in [0.3, 0.4) is 0 Å². The second kappa shape index (κ2) is 4.33. The summed E-state index contributed by atoms with van der Waals surface area (Å²) in [6.07, 6.45) is 6.45. The molecule has 0 radical (unpaired) electrons. The smallest absolute Gasteiger partial charge is 0.367 e. The third-order valence-electron chi connectivity index (χ3n) is 5.30. The highest BCUT2D eigenvalue weighted by Crippen LogP contribution is 2.54. The molecule has 0 aromatic carbocycles. The minimum absolute atomic E-state index is 0. The third-order valence-corrected chi connectivity index (χ3v) is 7.22. The zero-order valence-electron chi connectivity index (χ0n) is 10.8. The fraction of sp³-hybridized carbons (Fsp3) is 0.643. The number of carbonyl (C=O) groups is 1. The lowest BCUT2D eigenvalue weighted by Crippen LogP contribution is -2.54. The van der Waals surface area contributed by atoms with Crippen LogP contribution in [0.2, 0.25) is 0 Å². The number of nitrogens with zero attached hydrogens (tertiary/aromatic N) is 4. The van der Waals surface area contributed by atoms with E-state index in [4.69, 9.17) is 0 Å². The van der Waals surface area contributed by atoms with Crippen LogP contribution in [0.1, 0.15) is 32.3 Å². The molecule has 2 saturated carbocycles. The molecule has 21 heavy (non-hydrogen) atoms. The fourth-order valence-electron chi connectivity index (χ4n) is 4.54. The average Bonchev–Trinajstić information content (AvgIpc) is 3.02. The number of aromatic nitrogens is 2. The molecule has 5 rings (SSSR count). The summed E-state index contributed by atoms with van der Waals surface area (Å²) in [5, 5.41) is 0.163. The Morgan fingerprint density at radius 2 is 2.24 bits per heavy atom. The van der Waals surface area contributed by atoms with E-state index in [2.05, 4.69) is 9.97 Å². The summed E-state index contributed by atoms with van der Waals surface area (Å²) in [7, 11) is 0. The molecule has 1 saturated heterocycles. The highest BCUT2D eigenvalue weighted by atomic mass is 32.2. The van der Waals surface area contributed by atoms with E-state index in [9.17, 15) is 9.35 Å². The molecule has 3 fully saturated rings. The largest absolute Gasteiger partial charge is 0.593 e. The number of hydrogen-bond acceptors (Lipinski definition) is 4. The number of carbonyl (C=O) groups excluding carboxylic acids is 1. The number of rotatable bonds is 0. The van der Waals surface area contributed by atoms with Gasteiger partial charge < -0.3 is 4.55 Å². The molecule has 7 heteroatoms. The second-order valence-electron chi connectivity index (χ2n) is 6.11. The van der Waals surface area contributed by atoms with Crippen molar-refractivity contribution in [3.63, 3.8) is 0 Å². The number of amides is 2. The van der Waals surface area contributed by atoms with E-state index in [1.54, 1.807) is 6.20 Å². The summed E-state index contributed by atoms with van der Waals surface area (Å²) < 4.78 is 14.4. The van der Waals surface area contributed by atoms with Crippen LogP contribution in [-0.4, -0.2) is 36.1 Å². The first kappa shape index (κ1) is 13.3. The van der Waals surface area contributed by atoms with Gasteiger partial charge in [-0.2, -0.15) is 0 Å². The molecule has 4 aliphatic rings. The first-order chi connectivity index (χ1) is 9.75. The van der Waals surface area contributed by atoms with Gasteiger partial charge in [0, 0.05) is 29.6 Å². The van der Waals surface area contributed by atoms with Crippen molar-refractivity contribution in [3.8, 4) is 0 Å². The van der Waals surface area contributed by atoms with Crippen molar-refractivity contribution in [2.45, 2.75) is 44.5 Å². The molecule has 1 aromatic heterocycles. The molecule has 5 atom stereocenters. The van der Waals surface area contributed by atoms with E-state index in [0.29, 0.717) is 18.4 Å². The lowest BCUT2D eigenvalue weighted by Gasteiger charge is -2.39. The van der Waals surface area contributed by atoms with Crippen LogP contribution in [0.25, 0.3) is 0 Å². The molecule has 0 spiro atoms. The summed E-state index contributed by atoms with van der Waals surface area (Å²) in [6, 6.07) is 0.0431. The summed E-state index contributed by atoms with van der Waals surface area (Å²) in [6.45, 7) is 0.376. The van der Waals surface area contributed by atoms with Gasteiger partial charge in [-0.1, -0.05) is 7.43 Å². The fourth-order valence-corrected chi connectivity index (χ4v) is 6.54. The standard InChI is InChI=1S/C13H14N4O2S.CH4/c18-13-16-5-8-4-14-6-15-12(8)17(13)10-3-7-1-2-9(10)11(7)20(16)19;/h4,6-7,9-11H,1-3,5H2;1H4. The molecule has 5 unspecified atom stereocenters. The highest BCUT2D eigenvalue weighted by Gasteiger charge is 2.63. The number of hydrogen-bond donors (Lipinski definition) is 0. The predicted octanol–water partition coefficient (Wildman–Crippen LogP) is 1.70. The van der Waals surface area contributed by atoms with E-state index in [0.717, 1.165) is 30.6 Å². The van der Waals surface area contributed by atoms with E-state index in [-0.39, 0.29) is 24.7 Å². The molecule has 2 aliphatic carbocycles. The monoisotopic (exact) mass is 306 g/mol. The van der Waals surface area contributed by atoms with Gasteiger partial charge in [0.05, 0.1) is 11.4 Å². The molecule has 2 amide bonds. The predicted molar refractivity (Wildman–Crippen MR) is 78.7 cm³/mol. The van der Waals surface area contributed by atoms with Crippen LogP contribution in [0, 0.1) is 11.8 Å². The molecule has 6 nitrogen and oxygen atoms in total. The topological polar surface area (TPSA) is 72.4 Å². The van der Waals surface area contributed by atoms with Crippen molar-refractivity contribution in [2.75, 3.05) is 4.90 Å². The van der Waals surface area contributed by atoms with Crippen molar-refractivity contribution < 1.29 is 9.35 Å². The maximum absolute atomic E-state index is 12.8. The van der Waals surface area contributed by atoms with E-state index in [1.165, 1.54) is 10.6 Å². The quantitative estimate of drug-likeness (QED) is 0.684. The Morgan fingerprint density at radius 3 is 3.10 bits per heavy atom. The van der Waals surface area contributed by atoms with Gasteiger partial charge in [-0.05, 0) is 19.3 Å². The van der Waals surface area contributed by atoms with Crippen molar-refractivity contribution in [3.05, 3.63) is 18.1 Å². The van der Waals surface area contributed by atoms with Crippen molar-refractivity contribution in [1.82, 2.24) is 14.3 Å². The number of anilines is 1. The molecular formula is C14H18N4O2S. The van der Waals surface area contributed by atoms with Crippen LogP contribution in [0.4, 0.5) is 10.6 Å². The van der Waals surface area contributed by atoms with Gasteiger partial charge in [0.1, 0.15) is 23.9 Å². The Kier molecular flexibility index (Phi) is 2.75. The Balaban J connectivity index is 0.00000115. The second-order valence-corrected chi connectivity index (χ2v) is 7.64. The van der Waals surface area contributed by atoms with E-state index >= 15 is 0 Å². The molecule has 3 heterocycles. The summed E-state index contributed by atoms with van der Waals surface area (Å²) in [5.41, 5.74) is 0.906. The van der Waals surface area contributed by atoms with Crippen LogP contribution in [-0.2, 0) is 17.9 Å². The maximum Gasteiger partial charge on any atom is 0.367 e. The molecule has 112 valence electrons. The van der Waals surface area contributed by atoms with Crippen LogP contribution in [0.15, 0.2) is 12.5 Å². The van der Waals surface area contributed by atoms with Gasteiger partial charge in [-0.15, -0.1) is 4.31 Å². The van der Waals surface area contributed by atoms with Crippen LogP contribution in [0.5, 0.6) is 0 Å². The normalized spacial score (nSPS) is 38.9. The molecule has 2 aliphatic heterocycles. The minimum Gasteiger partial charge on any atom is -0.593 e. The number of fused-ring (bicyclic) bond motifs is 5. The van der Waals surface area contributed by atoms with Gasteiger partial charge >= 0.3 is 6.03 Å². The maximum atomic E-state index is 12.8. The Labute approximate surface area is 126 Å². The van der Waals surface area contributed by atoms with Crippen molar-refractivity contribution >= 4 is 23.2 Å². The van der Waals surface area contributed by atoms with Gasteiger partial charge in [-0.3, -0.25) is 4.90 Å². The summed E-state index contributed by atoms with van der Waals surface area (Å²) in [4.78, 5) is 22.8. The SMILES string of the molecule is C.O=C1N2c3ncncc3CN1[S+]([O-])C1C3CCC1C2C3. The summed E-state index contributed by atoms with van der Waals surface area (Å²) >= 11 is -1.21. The number of urea groups is 1. The lowest BCUT2D eigenvalue weighted by atomic mass is 9.93. The lowest BCUT2D eigenvalue weighted by molar-refractivity contribution is 0.219. The average molecular weight is 306 g/mol. The Morgan fingerprint density at radius 1 is 1.38 bits per heavy atom. The molecule has 6 bridgehead atoms. The van der Waals surface area contributed by atoms with Gasteiger partial charge in [-0.25, -0.2) is 14.8 Å². The van der Waals surface area contributed by atoms with E-state index < -0.39 is 11.4 Å². The molecule has 1 aromatic rings. The molecular weight excluding hydrogens is 288 g/mol. The highest BCUT2D eigenvalue weighted by molar-refractivity contribution is 7.90. The zero-order chi connectivity index (χ0) is 13.4.